The number of nitrogens with one attached hydrogen (secondary N) is 1. The predicted molar refractivity (Wildman–Crippen MR) is 102 cm³/mol. The summed E-state index contributed by atoms with van der Waals surface area (Å²) in [6.07, 6.45) is 5.17. The Kier molecular flexibility index (Phi) is 5.52. The second-order valence-corrected chi connectivity index (χ2v) is 9.40. The third-order valence-electron chi connectivity index (χ3n) is 4.57. The van der Waals surface area contributed by atoms with Gasteiger partial charge in [0.1, 0.15) is 11.6 Å². The van der Waals surface area contributed by atoms with Crippen molar-refractivity contribution in [2.24, 2.45) is 0 Å². The van der Waals surface area contributed by atoms with Gasteiger partial charge in [-0.25, -0.2) is 22.7 Å². The van der Waals surface area contributed by atoms with Gasteiger partial charge < -0.3 is 5.32 Å². The molecule has 1 aliphatic rings. The number of pyridine rings is 1. The lowest BCUT2D eigenvalue weighted by Gasteiger charge is -2.32. The molecule has 140 valence electrons. The molecule has 1 aliphatic heterocycles. The van der Waals surface area contributed by atoms with Gasteiger partial charge in [-0.1, -0.05) is 6.07 Å². The number of nitrogens with zero attached hydrogens (tertiary/aromatic N) is 4. The first-order valence-electron chi connectivity index (χ1n) is 8.88. The Hall–Kier alpha value is -2.06. The summed E-state index contributed by atoms with van der Waals surface area (Å²) in [6.45, 7) is 6.43. The summed E-state index contributed by atoms with van der Waals surface area (Å²) in [5.41, 5.74) is 1.75. The molecule has 0 saturated carbocycles. The maximum Gasteiger partial charge on any atom is 0.216 e. The van der Waals surface area contributed by atoms with Gasteiger partial charge in [0.2, 0.25) is 10.0 Å². The zero-order valence-electron chi connectivity index (χ0n) is 15.4. The van der Waals surface area contributed by atoms with Crippen LogP contribution >= 0.6 is 0 Å². The molecule has 26 heavy (non-hydrogen) atoms. The van der Waals surface area contributed by atoms with Gasteiger partial charge in [0.15, 0.2) is 0 Å². The molecule has 2 aromatic rings. The molecule has 0 aromatic carbocycles. The smallest absolute Gasteiger partial charge is 0.216 e. The normalized spacial score (nSPS) is 18.8. The molecular formula is C18H25N5O2S. The van der Waals surface area contributed by atoms with Crippen LogP contribution in [-0.4, -0.2) is 46.0 Å². The van der Waals surface area contributed by atoms with Crippen LogP contribution in [0, 0.1) is 6.92 Å². The fraction of sp³-hybridized carbons (Fsp3) is 0.500. The summed E-state index contributed by atoms with van der Waals surface area (Å²) < 4.78 is 26.4. The summed E-state index contributed by atoms with van der Waals surface area (Å²) in [7, 11) is -3.23. The first kappa shape index (κ1) is 18.7. The average molecular weight is 375 g/mol. The third-order valence-corrected chi connectivity index (χ3v) is 6.82. The molecule has 8 heteroatoms. The van der Waals surface area contributed by atoms with E-state index in [1.54, 1.807) is 30.5 Å². The molecule has 7 nitrogen and oxygen atoms in total. The Morgan fingerprint density at radius 2 is 2.00 bits per heavy atom. The topological polar surface area (TPSA) is 88.1 Å². The van der Waals surface area contributed by atoms with Crippen LogP contribution in [0.4, 0.5) is 11.6 Å². The molecule has 0 spiro atoms. The van der Waals surface area contributed by atoms with Crippen molar-refractivity contribution in [3.63, 3.8) is 0 Å². The molecule has 1 atom stereocenters. The van der Waals surface area contributed by atoms with Crippen molar-refractivity contribution in [1.29, 1.82) is 0 Å². The second-order valence-electron chi connectivity index (χ2n) is 6.91. The Bertz CT molecular complexity index is 852. The second kappa shape index (κ2) is 7.67. The molecule has 2 aromatic heterocycles. The molecule has 1 fully saturated rings. The van der Waals surface area contributed by atoms with Crippen LogP contribution in [0.3, 0.4) is 0 Å². The lowest BCUT2D eigenvalue weighted by Crippen LogP contribution is -2.42. The number of aromatic nitrogens is 3. The molecule has 1 N–H and O–H groups in total. The van der Waals surface area contributed by atoms with E-state index >= 15 is 0 Å². The summed E-state index contributed by atoms with van der Waals surface area (Å²) >= 11 is 0. The summed E-state index contributed by atoms with van der Waals surface area (Å²) in [5, 5.41) is 2.73. The highest BCUT2D eigenvalue weighted by molar-refractivity contribution is 7.89. The van der Waals surface area contributed by atoms with Gasteiger partial charge in [0.25, 0.3) is 0 Å². The molecule has 0 bridgehead atoms. The molecule has 3 heterocycles. The van der Waals surface area contributed by atoms with Crippen molar-refractivity contribution in [2.75, 3.05) is 18.4 Å². The number of hydrogen-bond acceptors (Lipinski definition) is 6. The van der Waals surface area contributed by atoms with E-state index in [1.807, 2.05) is 25.1 Å². The predicted octanol–water partition coefficient (Wildman–Crippen LogP) is 2.84. The molecule has 0 unspecified atom stereocenters. The van der Waals surface area contributed by atoms with Crippen molar-refractivity contribution in [3.8, 4) is 0 Å². The van der Waals surface area contributed by atoms with Crippen LogP contribution in [-0.2, 0) is 10.0 Å². The van der Waals surface area contributed by atoms with E-state index in [9.17, 15) is 8.42 Å². The number of sulfonamides is 1. The number of rotatable bonds is 5. The summed E-state index contributed by atoms with van der Waals surface area (Å²) in [4.78, 5) is 13.3. The molecule has 0 aliphatic carbocycles. The van der Waals surface area contributed by atoms with E-state index in [4.69, 9.17) is 0 Å². The SMILES string of the molecule is Cc1cccc(Nc2cnc([C@@H]3CCCN(S(=O)(=O)C(C)C)C3)cn2)n1. The molecular weight excluding hydrogens is 350 g/mol. The standard InChI is InChI=1S/C18H25N5O2S/c1-13(2)26(24,25)23-9-5-7-15(12-23)16-10-20-18(11-19-16)22-17-8-4-6-14(3)21-17/h4,6,8,10-11,13,15H,5,7,9,12H2,1-3H3,(H,20,21,22)/t15-/m1/s1. The van der Waals surface area contributed by atoms with Crippen molar-refractivity contribution in [1.82, 2.24) is 19.3 Å². The van der Waals surface area contributed by atoms with Gasteiger partial charge >= 0.3 is 0 Å². The van der Waals surface area contributed by atoms with Crippen LogP contribution in [0.2, 0.25) is 0 Å². The lowest BCUT2D eigenvalue weighted by molar-refractivity contribution is 0.310. The number of piperidine rings is 1. The van der Waals surface area contributed by atoms with Gasteiger partial charge in [-0.2, -0.15) is 0 Å². The van der Waals surface area contributed by atoms with E-state index in [2.05, 4.69) is 20.3 Å². The fourth-order valence-corrected chi connectivity index (χ4v) is 4.44. The van der Waals surface area contributed by atoms with E-state index in [1.165, 1.54) is 0 Å². The van der Waals surface area contributed by atoms with Crippen molar-refractivity contribution >= 4 is 21.7 Å². The molecule has 1 saturated heterocycles. The van der Waals surface area contributed by atoms with Crippen LogP contribution in [0.5, 0.6) is 0 Å². The van der Waals surface area contributed by atoms with Crippen LogP contribution in [0.15, 0.2) is 30.6 Å². The highest BCUT2D eigenvalue weighted by atomic mass is 32.2. The highest BCUT2D eigenvalue weighted by Crippen LogP contribution is 2.28. The maximum atomic E-state index is 12.4. The van der Waals surface area contributed by atoms with E-state index < -0.39 is 15.3 Å². The van der Waals surface area contributed by atoms with E-state index in [0.29, 0.717) is 18.9 Å². The number of anilines is 2. The Morgan fingerprint density at radius 1 is 1.19 bits per heavy atom. The lowest BCUT2D eigenvalue weighted by atomic mass is 9.96. The third kappa shape index (κ3) is 4.19. The highest BCUT2D eigenvalue weighted by Gasteiger charge is 2.32. The first-order valence-corrected chi connectivity index (χ1v) is 10.4. The number of hydrogen-bond donors (Lipinski definition) is 1. The number of aryl methyl sites for hydroxylation is 1. The zero-order chi connectivity index (χ0) is 18.7. The summed E-state index contributed by atoms with van der Waals surface area (Å²) in [5.74, 6) is 1.42. The molecule has 0 amide bonds. The van der Waals surface area contributed by atoms with Gasteiger partial charge in [0.05, 0.1) is 23.3 Å². The Morgan fingerprint density at radius 3 is 2.65 bits per heavy atom. The minimum Gasteiger partial charge on any atom is -0.324 e. The largest absolute Gasteiger partial charge is 0.324 e. The zero-order valence-corrected chi connectivity index (χ0v) is 16.2. The minimum absolute atomic E-state index is 0.0796. The van der Waals surface area contributed by atoms with Crippen molar-refractivity contribution < 1.29 is 8.42 Å². The van der Waals surface area contributed by atoms with Crippen LogP contribution in [0.25, 0.3) is 0 Å². The van der Waals surface area contributed by atoms with Gasteiger partial charge in [-0.05, 0) is 45.7 Å². The van der Waals surface area contributed by atoms with Crippen molar-refractivity contribution in [3.05, 3.63) is 42.0 Å². The van der Waals surface area contributed by atoms with Gasteiger partial charge in [-0.15, -0.1) is 0 Å². The quantitative estimate of drug-likeness (QED) is 0.864. The Labute approximate surface area is 154 Å². The maximum absolute atomic E-state index is 12.4. The minimum atomic E-state index is -3.23. The molecule has 0 radical (unpaired) electrons. The van der Waals surface area contributed by atoms with Gasteiger partial charge in [0, 0.05) is 24.7 Å². The van der Waals surface area contributed by atoms with E-state index in [-0.39, 0.29) is 5.92 Å². The Balaban J connectivity index is 1.70. The van der Waals surface area contributed by atoms with Crippen molar-refractivity contribution in [2.45, 2.75) is 44.8 Å². The van der Waals surface area contributed by atoms with Crippen LogP contribution < -0.4 is 5.32 Å². The van der Waals surface area contributed by atoms with Crippen LogP contribution in [0.1, 0.15) is 44.0 Å². The summed E-state index contributed by atoms with van der Waals surface area (Å²) in [6, 6.07) is 5.73. The monoisotopic (exact) mass is 375 g/mol. The molecule has 3 rings (SSSR count). The van der Waals surface area contributed by atoms with Gasteiger partial charge in [-0.3, -0.25) is 4.98 Å². The fourth-order valence-electron chi connectivity index (χ4n) is 3.07. The average Bonchev–Trinajstić information content (AvgIpc) is 2.62. The van der Waals surface area contributed by atoms with E-state index in [0.717, 1.165) is 30.0 Å². The first-order chi connectivity index (χ1) is 12.4.